The van der Waals surface area contributed by atoms with Crippen molar-refractivity contribution in [3.05, 3.63) is 98.1 Å². The van der Waals surface area contributed by atoms with Gasteiger partial charge in [-0.2, -0.15) is 0 Å². The van der Waals surface area contributed by atoms with Crippen molar-refractivity contribution in [1.29, 1.82) is 0 Å². The molecule has 1 aliphatic heterocycles. The van der Waals surface area contributed by atoms with Crippen molar-refractivity contribution in [1.82, 2.24) is 4.98 Å². The number of aliphatic hydroxyl groups excluding tert-OH is 1. The first-order valence-electron chi connectivity index (χ1n) is 11.7. The number of Topliss-reactive ketones (excluding diaryl/α,β-unsaturated/α-hetero) is 1. The van der Waals surface area contributed by atoms with Gasteiger partial charge in [-0.05, 0) is 67.3 Å². The predicted octanol–water partition coefficient (Wildman–Crippen LogP) is 5.76. The molecule has 38 heavy (non-hydrogen) atoms. The first-order chi connectivity index (χ1) is 18.1. The maximum Gasteiger partial charge on any atom is 0.301 e. The minimum Gasteiger partial charge on any atom is -0.507 e. The molecule has 2 heterocycles. The average molecular weight is 530 g/mol. The monoisotopic (exact) mass is 529 g/mol. The standard InChI is InChI=1S/C28H23N3O6S/c1-14-10-16(3)23-21(11-14)38-28(29-23)30-24(17-6-5-7-19(13-17)31(35)36)22(26(33)27(30)34)25(32)18-8-9-20(37-4)15(2)12-18/h5-13,24,32H,1-4H3. The molecule has 1 unspecified atom stereocenters. The average Bonchev–Trinajstić information content (AvgIpc) is 3.42. The zero-order chi connectivity index (χ0) is 27.3. The summed E-state index contributed by atoms with van der Waals surface area (Å²) >= 11 is 1.24. The number of aromatic nitrogens is 1. The molecule has 0 spiro atoms. The number of amides is 1. The van der Waals surface area contributed by atoms with E-state index >= 15 is 0 Å². The Labute approximate surface area is 221 Å². The van der Waals surface area contributed by atoms with Gasteiger partial charge in [0.1, 0.15) is 11.5 Å². The van der Waals surface area contributed by atoms with Crippen LogP contribution in [0.1, 0.15) is 33.9 Å². The van der Waals surface area contributed by atoms with Crippen molar-refractivity contribution in [2.24, 2.45) is 0 Å². The van der Waals surface area contributed by atoms with Gasteiger partial charge in [0.2, 0.25) is 0 Å². The lowest BCUT2D eigenvalue weighted by Gasteiger charge is -2.23. The second kappa shape index (κ2) is 9.38. The number of rotatable bonds is 5. The van der Waals surface area contributed by atoms with Gasteiger partial charge in [0.15, 0.2) is 5.13 Å². The number of benzene rings is 3. The van der Waals surface area contributed by atoms with E-state index in [1.54, 1.807) is 31.2 Å². The number of nitro groups is 1. The summed E-state index contributed by atoms with van der Waals surface area (Å²) in [5, 5.41) is 23.2. The van der Waals surface area contributed by atoms with Gasteiger partial charge in [-0.25, -0.2) is 4.98 Å². The number of non-ortho nitro benzene ring substituents is 1. The van der Waals surface area contributed by atoms with Crippen molar-refractivity contribution in [3.8, 4) is 5.75 Å². The van der Waals surface area contributed by atoms with E-state index in [-0.39, 0.29) is 22.2 Å². The zero-order valence-corrected chi connectivity index (χ0v) is 21.8. The van der Waals surface area contributed by atoms with Crippen molar-refractivity contribution in [2.75, 3.05) is 12.0 Å². The second-order valence-electron chi connectivity index (χ2n) is 9.13. The Kier molecular flexibility index (Phi) is 6.20. The van der Waals surface area contributed by atoms with Crippen LogP contribution >= 0.6 is 11.3 Å². The summed E-state index contributed by atoms with van der Waals surface area (Å²) in [6.45, 7) is 5.66. The SMILES string of the molecule is COc1ccc(C(O)=C2C(=O)C(=O)N(c3nc4c(C)cc(C)cc4s3)C2c2cccc([N+](=O)[O-])c2)cc1C. The molecule has 1 aliphatic rings. The number of nitro benzene ring substituents is 1. The van der Waals surface area contributed by atoms with E-state index < -0.39 is 22.7 Å². The van der Waals surface area contributed by atoms with E-state index in [0.29, 0.717) is 22.4 Å². The van der Waals surface area contributed by atoms with Crippen LogP contribution in [-0.2, 0) is 9.59 Å². The lowest BCUT2D eigenvalue weighted by molar-refractivity contribution is -0.384. The summed E-state index contributed by atoms with van der Waals surface area (Å²) in [5.74, 6) is -1.57. The first-order valence-corrected chi connectivity index (χ1v) is 12.5. The summed E-state index contributed by atoms with van der Waals surface area (Å²) in [5.41, 5.74) is 3.59. The first kappa shape index (κ1) is 25.1. The molecular weight excluding hydrogens is 506 g/mol. The molecule has 0 radical (unpaired) electrons. The van der Waals surface area contributed by atoms with Crippen LogP contribution in [0.2, 0.25) is 0 Å². The zero-order valence-electron chi connectivity index (χ0n) is 21.0. The Morgan fingerprint density at radius 1 is 1.08 bits per heavy atom. The Hall–Kier alpha value is -4.57. The maximum atomic E-state index is 13.5. The normalized spacial score (nSPS) is 16.8. The number of hydrogen-bond donors (Lipinski definition) is 1. The van der Waals surface area contributed by atoms with Crippen LogP contribution in [0.15, 0.2) is 60.2 Å². The third-order valence-electron chi connectivity index (χ3n) is 6.53. The highest BCUT2D eigenvalue weighted by Gasteiger charge is 2.48. The van der Waals surface area contributed by atoms with E-state index in [2.05, 4.69) is 4.98 Å². The van der Waals surface area contributed by atoms with Gasteiger partial charge in [-0.3, -0.25) is 24.6 Å². The summed E-state index contributed by atoms with van der Waals surface area (Å²) in [4.78, 5) is 43.8. The fraction of sp³-hybridized carbons (Fsp3) is 0.179. The number of fused-ring (bicyclic) bond motifs is 1. The molecule has 0 aliphatic carbocycles. The molecule has 192 valence electrons. The number of aliphatic hydroxyl groups is 1. The van der Waals surface area contributed by atoms with Crippen LogP contribution in [0.25, 0.3) is 16.0 Å². The van der Waals surface area contributed by atoms with Gasteiger partial charge in [-0.15, -0.1) is 0 Å². The smallest absolute Gasteiger partial charge is 0.301 e. The van der Waals surface area contributed by atoms with Gasteiger partial charge in [0, 0.05) is 17.7 Å². The fourth-order valence-corrected chi connectivity index (χ4v) is 5.97. The molecular formula is C28H23N3O6S. The van der Waals surface area contributed by atoms with Crippen LogP contribution in [-0.4, -0.2) is 33.8 Å². The molecule has 4 aromatic rings. The van der Waals surface area contributed by atoms with Gasteiger partial charge in [0.25, 0.3) is 11.5 Å². The minimum absolute atomic E-state index is 0.174. The van der Waals surface area contributed by atoms with Crippen LogP contribution in [0, 0.1) is 30.9 Å². The highest BCUT2D eigenvalue weighted by molar-refractivity contribution is 7.22. The molecule has 1 fully saturated rings. The van der Waals surface area contributed by atoms with Gasteiger partial charge < -0.3 is 9.84 Å². The Morgan fingerprint density at radius 3 is 2.53 bits per heavy atom. The number of nitrogens with zero attached hydrogens (tertiary/aromatic N) is 3. The number of anilines is 1. The Morgan fingerprint density at radius 2 is 1.84 bits per heavy atom. The number of carbonyl (C=O) groups excluding carboxylic acids is 2. The van der Waals surface area contributed by atoms with Gasteiger partial charge >= 0.3 is 5.91 Å². The number of carbonyl (C=O) groups is 2. The second-order valence-corrected chi connectivity index (χ2v) is 10.1. The maximum absolute atomic E-state index is 13.5. The minimum atomic E-state index is -1.13. The van der Waals surface area contributed by atoms with Crippen LogP contribution in [0.4, 0.5) is 10.8 Å². The predicted molar refractivity (Wildman–Crippen MR) is 145 cm³/mol. The molecule has 1 N–H and O–H groups in total. The number of methoxy groups -OCH3 is 1. The highest BCUT2D eigenvalue weighted by Crippen LogP contribution is 2.45. The molecule has 3 aromatic carbocycles. The van der Waals surface area contributed by atoms with E-state index in [1.807, 2.05) is 26.0 Å². The molecule has 1 amide bonds. The summed E-state index contributed by atoms with van der Waals surface area (Å²) in [6, 6.07) is 13.4. The largest absolute Gasteiger partial charge is 0.507 e. The molecule has 1 atom stereocenters. The van der Waals surface area contributed by atoms with Crippen molar-refractivity contribution in [3.63, 3.8) is 0 Å². The molecule has 9 nitrogen and oxygen atoms in total. The highest BCUT2D eigenvalue weighted by atomic mass is 32.1. The summed E-state index contributed by atoms with van der Waals surface area (Å²) in [7, 11) is 1.52. The fourth-order valence-electron chi connectivity index (χ4n) is 4.80. The molecule has 0 bridgehead atoms. The lowest BCUT2D eigenvalue weighted by Crippen LogP contribution is -2.29. The molecule has 10 heteroatoms. The van der Waals surface area contributed by atoms with E-state index in [9.17, 15) is 24.8 Å². The molecule has 1 saturated heterocycles. The third kappa shape index (κ3) is 4.08. The number of hydrogen-bond acceptors (Lipinski definition) is 8. The van der Waals surface area contributed by atoms with Crippen molar-refractivity contribution in [2.45, 2.75) is 26.8 Å². The van der Waals surface area contributed by atoms with Crippen LogP contribution in [0.5, 0.6) is 5.75 Å². The topological polar surface area (TPSA) is 123 Å². The van der Waals surface area contributed by atoms with E-state index in [1.165, 1.54) is 41.5 Å². The quantitative estimate of drug-likeness (QED) is 0.115. The summed E-state index contributed by atoms with van der Waals surface area (Å²) < 4.78 is 6.13. The van der Waals surface area contributed by atoms with Gasteiger partial charge in [0.05, 0.1) is 33.9 Å². The number of ether oxygens (including phenoxy) is 1. The number of ketones is 1. The van der Waals surface area contributed by atoms with E-state index in [0.717, 1.165) is 21.4 Å². The van der Waals surface area contributed by atoms with Crippen molar-refractivity contribution >= 4 is 49.8 Å². The summed E-state index contributed by atoms with van der Waals surface area (Å²) in [6.07, 6.45) is 0. The number of thiazole rings is 1. The molecule has 5 rings (SSSR count). The molecule has 0 saturated carbocycles. The van der Waals surface area contributed by atoms with Gasteiger partial charge in [-0.1, -0.05) is 29.5 Å². The lowest BCUT2D eigenvalue weighted by atomic mass is 9.94. The Bertz CT molecular complexity index is 1690. The third-order valence-corrected chi connectivity index (χ3v) is 7.54. The molecule has 1 aromatic heterocycles. The van der Waals surface area contributed by atoms with Crippen LogP contribution in [0.3, 0.4) is 0 Å². The van der Waals surface area contributed by atoms with Crippen molar-refractivity contribution < 1.29 is 24.4 Å². The number of aryl methyl sites for hydroxylation is 3. The Balaban J connectivity index is 1.76. The van der Waals surface area contributed by atoms with Crippen LogP contribution < -0.4 is 9.64 Å². The van der Waals surface area contributed by atoms with E-state index in [4.69, 9.17) is 4.74 Å².